The predicted molar refractivity (Wildman–Crippen MR) is 146 cm³/mol. The third-order valence-electron chi connectivity index (χ3n) is 7.96. The number of phenols is 1. The normalized spacial score (nSPS) is 26.6. The van der Waals surface area contributed by atoms with Crippen LogP contribution in [-0.4, -0.2) is 35.6 Å². The second-order valence-electron chi connectivity index (χ2n) is 9.81. The molecule has 2 aromatic carbocycles. The van der Waals surface area contributed by atoms with Gasteiger partial charge in [0.1, 0.15) is 11.5 Å². The molecule has 4 aliphatic rings. The molecule has 192 valence electrons. The van der Waals surface area contributed by atoms with Crippen LogP contribution < -0.4 is 9.64 Å². The fraction of sp³-hybridized carbons (Fsp3) is 0.241. The van der Waals surface area contributed by atoms with Crippen LogP contribution in [0.15, 0.2) is 80.3 Å². The number of imide groups is 1. The SMILES string of the molecule is COc1ccc(O)c([C@H]2C3=CC[C@@H]4C(=O)N(c5ccc(Br)cc5)C(=O)[C@@H]4[C@@H]3CC3=C2C(=O)C=C(Br)C3=O)c1. The van der Waals surface area contributed by atoms with E-state index in [4.69, 9.17) is 4.74 Å². The van der Waals surface area contributed by atoms with Gasteiger partial charge in [-0.05, 0) is 77.2 Å². The topological polar surface area (TPSA) is 101 Å². The molecule has 1 N–H and O–H groups in total. The first kappa shape index (κ1) is 25.0. The molecular formula is C29H21Br2NO6. The summed E-state index contributed by atoms with van der Waals surface area (Å²) in [5, 5.41) is 10.9. The molecule has 2 amide bonds. The number of amides is 2. The van der Waals surface area contributed by atoms with E-state index in [1.165, 1.54) is 24.2 Å². The van der Waals surface area contributed by atoms with Gasteiger partial charge in [0.15, 0.2) is 11.6 Å². The highest BCUT2D eigenvalue weighted by molar-refractivity contribution is 9.12. The lowest BCUT2D eigenvalue weighted by molar-refractivity contribution is -0.123. The molecule has 0 aromatic heterocycles. The van der Waals surface area contributed by atoms with Crippen LogP contribution in [0, 0.1) is 17.8 Å². The smallest absolute Gasteiger partial charge is 0.238 e. The molecule has 3 aliphatic carbocycles. The third kappa shape index (κ3) is 3.66. The molecule has 6 rings (SSSR count). The van der Waals surface area contributed by atoms with Crippen molar-refractivity contribution in [3.8, 4) is 11.5 Å². The highest BCUT2D eigenvalue weighted by Crippen LogP contribution is 2.56. The van der Waals surface area contributed by atoms with Crippen molar-refractivity contribution in [3.63, 3.8) is 0 Å². The Balaban J connectivity index is 1.51. The minimum absolute atomic E-state index is 0.0505. The van der Waals surface area contributed by atoms with Gasteiger partial charge in [0, 0.05) is 33.2 Å². The molecule has 1 aliphatic heterocycles. The molecule has 38 heavy (non-hydrogen) atoms. The van der Waals surface area contributed by atoms with E-state index in [0.717, 1.165) is 10.0 Å². The molecule has 0 unspecified atom stereocenters. The second kappa shape index (κ2) is 9.17. The van der Waals surface area contributed by atoms with Crippen molar-refractivity contribution >= 4 is 60.9 Å². The summed E-state index contributed by atoms with van der Waals surface area (Å²) in [5.41, 5.74) is 2.28. The number of anilines is 1. The quantitative estimate of drug-likeness (QED) is 0.284. The molecule has 1 heterocycles. The summed E-state index contributed by atoms with van der Waals surface area (Å²) < 4.78 is 6.36. The molecule has 7 nitrogen and oxygen atoms in total. The fourth-order valence-corrected chi connectivity index (χ4v) is 7.01. The average Bonchev–Trinajstić information content (AvgIpc) is 3.17. The van der Waals surface area contributed by atoms with Gasteiger partial charge in [0.25, 0.3) is 0 Å². The molecule has 0 saturated carbocycles. The lowest BCUT2D eigenvalue weighted by atomic mass is 9.59. The summed E-state index contributed by atoms with van der Waals surface area (Å²) in [4.78, 5) is 55.3. The van der Waals surface area contributed by atoms with Crippen LogP contribution in [0.5, 0.6) is 11.5 Å². The number of hydrogen-bond donors (Lipinski definition) is 1. The van der Waals surface area contributed by atoms with Gasteiger partial charge in [-0.25, -0.2) is 0 Å². The first-order valence-electron chi connectivity index (χ1n) is 12.1. The third-order valence-corrected chi connectivity index (χ3v) is 9.08. The zero-order valence-electron chi connectivity index (χ0n) is 20.1. The number of aromatic hydroxyl groups is 1. The molecule has 1 fully saturated rings. The number of Topliss-reactive ketones (excluding diaryl/α,β-unsaturated/α-hetero) is 1. The number of rotatable bonds is 3. The summed E-state index contributed by atoms with van der Waals surface area (Å²) in [6.07, 6.45) is 3.65. The van der Waals surface area contributed by atoms with Gasteiger partial charge in [-0.3, -0.25) is 24.1 Å². The number of hydrogen-bond acceptors (Lipinski definition) is 6. The Morgan fingerprint density at radius 1 is 0.974 bits per heavy atom. The van der Waals surface area contributed by atoms with Crippen LogP contribution in [0.1, 0.15) is 24.3 Å². The van der Waals surface area contributed by atoms with E-state index in [0.29, 0.717) is 34.6 Å². The number of ketones is 2. The van der Waals surface area contributed by atoms with Crippen molar-refractivity contribution in [2.24, 2.45) is 17.8 Å². The van der Waals surface area contributed by atoms with Gasteiger partial charge in [0.05, 0.1) is 29.1 Å². The number of fused-ring (bicyclic) bond motifs is 3. The van der Waals surface area contributed by atoms with Crippen molar-refractivity contribution in [2.45, 2.75) is 18.8 Å². The summed E-state index contributed by atoms with van der Waals surface area (Å²) in [7, 11) is 1.50. The summed E-state index contributed by atoms with van der Waals surface area (Å²) in [6, 6.07) is 11.7. The minimum atomic E-state index is -0.752. The number of nitrogens with zero attached hydrogens (tertiary/aromatic N) is 1. The van der Waals surface area contributed by atoms with Gasteiger partial charge in [0.2, 0.25) is 11.8 Å². The maximum absolute atomic E-state index is 13.9. The molecule has 0 bridgehead atoms. The second-order valence-corrected chi connectivity index (χ2v) is 11.6. The Hall–Kier alpha value is -3.30. The van der Waals surface area contributed by atoms with Crippen LogP contribution in [0.2, 0.25) is 0 Å². The van der Waals surface area contributed by atoms with Crippen molar-refractivity contribution in [2.75, 3.05) is 12.0 Å². The van der Waals surface area contributed by atoms with E-state index in [1.807, 2.05) is 6.08 Å². The van der Waals surface area contributed by atoms with E-state index in [-0.39, 0.29) is 40.0 Å². The highest BCUT2D eigenvalue weighted by atomic mass is 79.9. The Bertz CT molecular complexity index is 1540. The van der Waals surface area contributed by atoms with E-state index >= 15 is 0 Å². The van der Waals surface area contributed by atoms with E-state index in [1.54, 1.807) is 36.4 Å². The summed E-state index contributed by atoms with van der Waals surface area (Å²) >= 11 is 6.61. The molecule has 0 radical (unpaired) electrons. The van der Waals surface area contributed by atoms with Crippen LogP contribution in [0.25, 0.3) is 0 Å². The lowest BCUT2D eigenvalue weighted by Gasteiger charge is -2.42. The Morgan fingerprint density at radius 3 is 2.42 bits per heavy atom. The van der Waals surface area contributed by atoms with Crippen molar-refractivity contribution in [1.29, 1.82) is 0 Å². The molecule has 0 spiro atoms. The van der Waals surface area contributed by atoms with Crippen molar-refractivity contribution < 1.29 is 29.0 Å². The number of benzene rings is 2. The molecule has 4 atom stereocenters. The number of phenolic OH excluding ortho intramolecular Hbond substituents is 1. The Morgan fingerprint density at radius 2 is 1.71 bits per heavy atom. The van der Waals surface area contributed by atoms with Gasteiger partial charge in [-0.15, -0.1) is 0 Å². The number of ether oxygens (including phenoxy) is 1. The zero-order chi connectivity index (χ0) is 26.9. The van der Waals surface area contributed by atoms with Crippen LogP contribution >= 0.6 is 31.9 Å². The summed E-state index contributed by atoms with van der Waals surface area (Å²) in [6.45, 7) is 0. The minimum Gasteiger partial charge on any atom is -0.508 e. The molecule has 9 heteroatoms. The monoisotopic (exact) mass is 637 g/mol. The molecule has 2 aromatic rings. The maximum Gasteiger partial charge on any atom is 0.238 e. The average molecular weight is 639 g/mol. The zero-order valence-corrected chi connectivity index (χ0v) is 23.3. The van der Waals surface area contributed by atoms with Gasteiger partial charge < -0.3 is 9.84 Å². The van der Waals surface area contributed by atoms with Crippen LogP contribution in [0.3, 0.4) is 0 Å². The Kier molecular flexibility index (Phi) is 6.03. The van der Waals surface area contributed by atoms with Gasteiger partial charge in [-0.2, -0.15) is 0 Å². The number of carbonyl (C=O) groups is 4. The number of allylic oxidation sites excluding steroid dienone is 6. The first-order valence-corrected chi connectivity index (χ1v) is 13.7. The largest absolute Gasteiger partial charge is 0.508 e. The van der Waals surface area contributed by atoms with E-state index < -0.39 is 23.7 Å². The van der Waals surface area contributed by atoms with Crippen molar-refractivity contribution in [1.82, 2.24) is 0 Å². The Labute approximate surface area is 235 Å². The summed E-state index contributed by atoms with van der Waals surface area (Å²) in [5.74, 6) is -3.32. The number of halogens is 2. The highest BCUT2D eigenvalue weighted by Gasteiger charge is 2.56. The van der Waals surface area contributed by atoms with Crippen molar-refractivity contribution in [3.05, 3.63) is 85.9 Å². The fourth-order valence-electron chi connectivity index (χ4n) is 6.30. The molecular weight excluding hydrogens is 618 g/mol. The van der Waals surface area contributed by atoms with E-state index in [2.05, 4.69) is 31.9 Å². The first-order chi connectivity index (χ1) is 18.2. The van der Waals surface area contributed by atoms with Crippen LogP contribution in [-0.2, 0) is 19.2 Å². The standard InChI is InChI=1S/C29H21Br2NO6/c1-38-15-6-9-22(33)19(10-15)24-16-7-8-17-25(18(16)11-20-26(24)23(34)12-21(31)27(20)35)29(37)32(28(17)36)14-4-2-13(30)3-5-14/h2-7,9-10,12,17-18,24-25,33H,8,11H2,1H3/t17-,18+,24+,25-/m0/s1. The predicted octanol–water partition coefficient (Wildman–Crippen LogP) is 5.13. The van der Waals surface area contributed by atoms with E-state index in [9.17, 15) is 24.3 Å². The maximum atomic E-state index is 13.9. The van der Waals surface area contributed by atoms with Gasteiger partial charge in [-0.1, -0.05) is 27.6 Å². The van der Waals surface area contributed by atoms with Gasteiger partial charge >= 0.3 is 0 Å². The number of carbonyl (C=O) groups excluding carboxylic acids is 4. The lowest BCUT2D eigenvalue weighted by Crippen LogP contribution is -2.39. The number of methoxy groups -OCH3 is 1. The van der Waals surface area contributed by atoms with Crippen LogP contribution in [0.4, 0.5) is 5.69 Å². The molecule has 1 saturated heterocycles.